The number of thiazole rings is 1. The van der Waals surface area contributed by atoms with Gasteiger partial charge in [-0.3, -0.25) is 4.79 Å². The van der Waals surface area contributed by atoms with Gasteiger partial charge >= 0.3 is 0 Å². The highest BCUT2D eigenvalue weighted by Crippen LogP contribution is 2.31. The molecule has 2 aromatic carbocycles. The van der Waals surface area contributed by atoms with E-state index >= 15 is 0 Å². The first-order valence-electron chi connectivity index (χ1n) is 8.59. The fraction of sp³-hybridized carbons (Fsp3) is 0.150. The number of benzene rings is 2. The number of nitrogens with one attached hydrogen (secondary N) is 1. The molecule has 4 aromatic rings. The van der Waals surface area contributed by atoms with Crippen LogP contribution in [0.5, 0.6) is 0 Å². The number of aryl methyl sites for hydroxylation is 1. The number of carbonyl (C=O) groups excluding carboxylic acids is 1. The quantitative estimate of drug-likeness (QED) is 0.529. The topological polar surface area (TPSA) is 59.8 Å². The number of hydrogen-bond donors (Lipinski definition) is 1. The lowest BCUT2D eigenvalue weighted by Crippen LogP contribution is -2.23. The van der Waals surface area contributed by atoms with Crippen LogP contribution in [0.2, 0.25) is 0 Å². The molecule has 0 saturated heterocycles. The molecule has 0 saturated carbocycles. The highest BCUT2D eigenvalue weighted by Gasteiger charge is 2.20. The minimum atomic E-state index is -0.934. The molecule has 1 N–H and O–H groups in total. The van der Waals surface area contributed by atoms with E-state index in [2.05, 4.69) is 15.3 Å². The van der Waals surface area contributed by atoms with E-state index in [-0.39, 0.29) is 5.91 Å². The van der Waals surface area contributed by atoms with Crippen LogP contribution in [0.3, 0.4) is 0 Å². The Balaban J connectivity index is 1.57. The van der Waals surface area contributed by atoms with E-state index < -0.39 is 17.7 Å². The van der Waals surface area contributed by atoms with Crippen molar-refractivity contribution in [2.75, 3.05) is 5.32 Å². The summed E-state index contributed by atoms with van der Waals surface area (Å²) in [5.74, 6) is -2.09. The van der Waals surface area contributed by atoms with Crippen LogP contribution >= 0.6 is 11.3 Å². The van der Waals surface area contributed by atoms with E-state index in [9.17, 15) is 13.6 Å². The molecule has 0 fully saturated rings. The lowest BCUT2D eigenvalue weighted by atomic mass is 10.1. The molecule has 0 unspecified atom stereocenters. The number of carbonyl (C=O) groups is 1. The molecule has 4 rings (SSSR count). The minimum Gasteiger partial charge on any atom is -0.318 e. The minimum absolute atomic E-state index is 0.242. The smallest absolute Gasteiger partial charge is 0.248 e. The second-order valence-electron chi connectivity index (χ2n) is 6.36. The third-order valence-electron chi connectivity index (χ3n) is 4.50. The number of nitrogens with zero attached hydrogens (tertiary/aromatic N) is 3. The van der Waals surface area contributed by atoms with Gasteiger partial charge in [-0.2, -0.15) is 0 Å². The Hall–Kier alpha value is -3.13. The Bertz CT molecular complexity index is 1180. The molecule has 0 aliphatic carbocycles. The molecular formula is C20H16F2N4OS. The number of aromatic nitrogens is 3. The van der Waals surface area contributed by atoms with Gasteiger partial charge in [-0.25, -0.2) is 18.7 Å². The van der Waals surface area contributed by atoms with Crippen LogP contribution in [-0.4, -0.2) is 20.4 Å². The highest BCUT2D eigenvalue weighted by atomic mass is 32.1. The maximum Gasteiger partial charge on any atom is 0.248 e. The lowest BCUT2D eigenvalue weighted by Gasteiger charge is -2.13. The van der Waals surface area contributed by atoms with Crippen molar-refractivity contribution in [2.45, 2.75) is 19.9 Å². The summed E-state index contributed by atoms with van der Waals surface area (Å²) in [6.45, 7) is 3.59. The van der Waals surface area contributed by atoms with E-state index in [1.54, 1.807) is 17.8 Å². The summed E-state index contributed by atoms with van der Waals surface area (Å²) in [7, 11) is 0. The number of imidazole rings is 1. The summed E-state index contributed by atoms with van der Waals surface area (Å²) >= 11 is 1.28. The maximum absolute atomic E-state index is 13.5. The van der Waals surface area contributed by atoms with Gasteiger partial charge in [-0.1, -0.05) is 12.1 Å². The Kier molecular flexibility index (Phi) is 4.64. The molecule has 5 nitrogen and oxygen atoms in total. The molecule has 1 amide bonds. The first kappa shape index (κ1) is 18.2. The van der Waals surface area contributed by atoms with Crippen molar-refractivity contribution in [2.24, 2.45) is 0 Å². The van der Waals surface area contributed by atoms with Crippen LogP contribution in [0, 0.1) is 18.6 Å². The molecule has 0 bridgehead atoms. The Morgan fingerprint density at radius 3 is 2.75 bits per heavy atom. The molecule has 0 aliphatic rings. The number of amides is 1. The zero-order valence-electron chi connectivity index (χ0n) is 15.1. The van der Waals surface area contributed by atoms with Crippen molar-refractivity contribution >= 4 is 33.4 Å². The van der Waals surface area contributed by atoms with E-state index in [0.717, 1.165) is 28.0 Å². The summed E-state index contributed by atoms with van der Waals surface area (Å²) in [6, 6.07) is 10.7. The Morgan fingerprint density at radius 1 is 1.18 bits per heavy atom. The van der Waals surface area contributed by atoms with Gasteiger partial charge in [0.15, 0.2) is 16.8 Å². The number of anilines is 1. The SMILES string of the molecule is Cc1sc(NC(=O)[C@@H](C)n2cnc3ccccc32)nc1-c1ccc(F)c(F)c1. The summed E-state index contributed by atoms with van der Waals surface area (Å²) in [6.07, 6.45) is 1.63. The van der Waals surface area contributed by atoms with E-state index in [4.69, 9.17) is 0 Å². The summed E-state index contributed by atoms with van der Waals surface area (Å²) in [5, 5.41) is 3.21. The normalized spacial score (nSPS) is 12.3. The van der Waals surface area contributed by atoms with Gasteiger partial charge in [0.1, 0.15) is 6.04 Å². The largest absolute Gasteiger partial charge is 0.318 e. The second kappa shape index (κ2) is 7.12. The number of rotatable bonds is 4. The van der Waals surface area contributed by atoms with Crippen molar-refractivity contribution in [1.29, 1.82) is 0 Å². The van der Waals surface area contributed by atoms with Gasteiger partial charge in [0, 0.05) is 10.4 Å². The fourth-order valence-electron chi connectivity index (χ4n) is 2.98. The van der Waals surface area contributed by atoms with Crippen molar-refractivity contribution in [3.05, 3.63) is 65.3 Å². The van der Waals surface area contributed by atoms with E-state index in [1.807, 2.05) is 31.2 Å². The van der Waals surface area contributed by atoms with Crippen LogP contribution < -0.4 is 5.32 Å². The standard InChI is InChI=1S/C20H16F2N4OS/c1-11(26-10-23-16-5-3-4-6-17(16)26)19(27)25-20-24-18(12(2)28-20)13-7-8-14(21)15(22)9-13/h3-11H,1-2H3,(H,24,25,27)/t11-/m1/s1. The summed E-state index contributed by atoms with van der Waals surface area (Å²) in [5.41, 5.74) is 2.65. The average Bonchev–Trinajstić information content (AvgIpc) is 3.27. The predicted octanol–water partition coefficient (Wildman–Crippen LogP) is 4.95. The van der Waals surface area contributed by atoms with Gasteiger partial charge in [0.25, 0.3) is 0 Å². The second-order valence-corrected chi connectivity index (χ2v) is 7.56. The first-order valence-corrected chi connectivity index (χ1v) is 9.41. The molecule has 28 heavy (non-hydrogen) atoms. The van der Waals surface area contributed by atoms with Crippen molar-refractivity contribution < 1.29 is 13.6 Å². The molecule has 1 atom stereocenters. The van der Waals surface area contributed by atoms with Crippen molar-refractivity contribution in [1.82, 2.24) is 14.5 Å². The zero-order chi connectivity index (χ0) is 19.8. The average molecular weight is 398 g/mol. The van der Waals surface area contributed by atoms with Gasteiger partial charge in [-0.15, -0.1) is 11.3 Å². The van der Waals surface area contributed by atoms with Gasteiger partial charge < -0.3 is 9.88 Å². The Morgan fingerprint density at radius 2 is 1.96 bits per heavy atom. The number of fused-ring (bicyclic) bond motifs is 1. The predicted molar refractivity (Wildman–Crippen MR) is 105 cm³/mol. The lowest BCUT2D eigenvalue weighted by molar-refractivity contribution is -0.118. The van der Waals surface area contributed by atoms with Crippen LogP contribution in [0.15, 0.2) is 48.8 Å². The van der Waals surface area contributed by atoms with E-state index in [1.165, 1.54) is 17.4 Å². The molecule has 0 aliphatic heterocycles. The number of hydrogen-bond acceptors (Lipinski definition) is 4. The summed E-state index contributed by atoms with van der Waals surface area (Å²) in [4.78, 5) is 22.2. The third kappa shape index (κ3) is 3.27. The molecule has 0 radical (unpaired) electrons. The van der Waals surface area contributed by atoms with Gasteiger partial charge in [0.05, 0.1) is 23.1 Å². The highest BCUT2D eigenvalue weighted by molar-refractivity contribution is 7.16. The van der Waals surface area contributed by atoms with Crippen LogP contribution in [0.1, 0.15) is 17.8 Å². The van der Waals surface area contributed by atoms with Crippen molar-refractivity contribution in [3.63, 3.8) is 0 Å². The molecule has 2 heterocycles. The number of para-hydroxylation sites is 2. The molecule has 2 aromatic heterocycles. The van der Waals surface area contributed by atoms with Crippen LogP contribution in [0.25, 0.3) is 22.3 Å². The molecule has 142 valence electrons. The molecular weight excluding hydrogens is 382 g/mol. The fourth-order valence-corrected chi connectivity index (χ4v) is 3.82. The monoisotopic (exact) mass is 398 g/mol. The van der Waals surface area contributed by atoms with Gasteiger partial charge in [-0.05, 0) is 44.2 Å². The van der Waals surface area contributed by atoms with Crippen LogP contribution in [0.4, 0.5) is 13.9 Å². The Labute approximate surface area is 163 Å². The van der Waals surface area contributed by atoms with Crippen molar-refractivity contribution in [3.8, 4) is 11.3 Å². The third-order valence-corrected chi connectivity index (χ3v) is 5.38. The molecule has 8 heteroatoms. The van der Waals surface area contributed by atoms with Gasteiger partial charge in [0.2, 0.25) is 5.91 Å². The van der Waals surface area contributed by atoms with E-state index in [0.29, 0.717) is 16.4 Å². The van der Waals surface area contributed by atoms with Crippen LogP contribution in [-0.2, 0) is 4.79 Å². The number of halogens is 2. The first-order chi connectivity index (χ1) is 13.4. The molecule has 0 spiro atoms. The zero-order valence-corrected chi connectivity index (χ0v) is 15.9. The maximum atomic E-state index is 13.5. The summed E-state index contributed by atoms with van der Waals surface area (Å²) < 4.78 is 28.5.